The van der Waals surface area contributed by atoms with Crippen molar-refractivity contribution < 1.29 is 14.6 Å². The number of fused-ring (bicyclic) bond motifs is 1. The largest absolute Gasteiger partial charge is 0.479 e. The summed E-state index contributed by atoms with van der Waals surface area (Å²) in [6.07, 6.45) is 8.33. The van der Waals surface area contributed by atoms with Crippen molar-refractivity contribution in [3.63, 3.8) is 0 Å². The van der Waals surface area contributed by atoms with Gasteiger partial charge in [-0.25, -0.2) is 4.79 Å². The minimum atomic E-state index is -1.00. The van der Waals surface area contributed by atoms with Crippen LogP contribution in [0.5, 0.6) is 0 Å². The van der Waals surface area contributed by atoms with E-state index in [1.54, 1.807) is 0 Å². The Bertz CT molecular complexity index is 1140. The van der Waals surface area contributed by atoms with Crippen LogP contribution in [0.4, 0.5) is 0 Å². The van der Waals surface area contributed by atoms with Crippen LogP contribution in [0.15, 0.2) is 24.3 Å². The van der Waals surface area contributed by atoms with Gasteiger partial charge in [-0.2, -0.15) is 0 Å². The van der Waals surface area contributed by atoms with Crippen LogP contribution in [0.25, 0.3) is 11.1 Å². The van der Waals surface area contributed by atoms with Crippen LogP contribution in [0.2, 0.25) is 0 Å². The van der Waals surface area contributed by atoms with E-state index in [0.717, 1.165) is 41.8 Å². The molecule has 1 unspecified atom stereocenters. The van der Waals surface area contributed by atoms with E-state index in [-0.39, 0.29) is 0 Å². The predicted molar refractivity (Wildman–Crippen MR) is 145 cm³/mol. The zero-order valence-electron chi connectivity index (χ0n) is 23.0. The summed E-state index contributed by atoms with van der Waals surface area (Å²) in [6, 6.07) is 9.20. The van der Waals surface area contributed by atoms with Crippen molar-refractivity contribution in [2.75, 3.05) is 6.54 Å². The molecule has 1 N–H and O–H groups in total. The van der Waals surface area contributed by atoms with Crippen molar-refractivity contribution in [1.82, 2.24) is 4.90 Å². The summed E-state index contributed by atoms with van der Waals surface area (Å²) >= 11 is 0. The Morgan fingerprint density at radius 2 is 1.64 bits per heavy atom. The number of carbonyl (C=O) groups is 1. The smallest absolute Gasteiger partial charge is 0.337 e. The van der Waals surface area contributed by atoms with Gasteiger partial charge >= 0.3 is 5.97 Å². The second-order valence-electron chi connectivity index (χ2n) is 12.8. The number of benzene rings is 2. The maximum absolute atomic E-state index is 12.6. The quantitative estimate of drug-likeness (QED) is 0.479. The van der Waals surface area contributed by atoms with Crippen molar-refractivity contribution >= 4 is 5.97 Å². The monoisotopic (exact) mass is 489 g/mol. The van der Waals surface area contributed by atoms with E-state index < -0.39 is 17.7 Å². The molecule has 2 aromatic rings. The Morgan fingerprint density at radius 3 is 2.19 bits per heavy atom. The second-order valence-corrected chi connectivity index (χ2v) is 12.8. The molecule has 0 bridgehead atoms. The molecule has 0 amide bonds. The van der Waals surface area contributed by atoms with Crippen molar-refractivity contribution in [2.24, 2.45) is 5.41 Å². The van der Waals surface area contributed by atoms with Gasteiger partial charge in [-0.3, -0.25) is 4.90 Å². The Hall–Kier alpha value is -2.17. The number of ether oxygens (including phenoxy) is 1. The average Bonchev–Trinajstić information content (AvgIpc) is 3.59. The molecule has 1 aliphatic heterocycles. The molecule has 36 heavy (non-hydrogen) atoms. The maximum atomic E-state index is 12.6. The van der Waals surface area contributed by atoms with Gasteiger partial charge in [0.2, 0.25) is 0 Å². The molecule has 2 aromatic carbocycles. The van der Waals surface area contributed by atoms with Crippen molar-refractivity contribution in [2.45, 2.75) is 111 Å². The van der Waals surface area contributed by atoms with Crippen molar-refractivity contribution in [3.8, 4) is 11.1 Å². The summed E-state index contributed by atoms with van der Waals surface area (Å²) in [5.41, 5.74) is 9.37. The molecule has 4 nitrogen and oxygen atoms in total. The van der Waals surface area contributed by atoms with Crippen molar-refractivity contribution in [3.05, 3.63) is 57.6 Å². The first-order valence-electron chi connectivity index (χ1n) is 13.8. The lowest BCUT2D eigenvalue weighted by atomic mass is 9.78. The van der Waals surface area contributed by atoms with E-state index in [2.05, 4.69) is 49.9 Å². The van der Waals surface area contributed by atoms with Crippen LogP contribution < -0.4 is 0 Å². The molecule has 4 heteroatoms. The lowest BCUT2D eigenvalue weighted by molar-refractivity contribution is -0.160. The molecule has 194 valence electrons. The van der Waals surface area contributed by atoms with Crippen LogP contribution in [0.1, 0.15) is 98.8 Å². The molecule has 0 aromatic heterocycles. The summed E-state index contributed by atoms with van der Waals surface area (Å²) in [5, 5.41) is 10.4. The summed E-state index contributed by atoms with van der Waals surface area (Å²) in [6.45, 7) is 14.3. The van der Waals surface area contributed by atoms with Gasteiger partial charge in [0.15, 0.2) is 6.10 Å². The predicted octanol–water partition coefficient (Wildman–Crippen LogP) is 7.30. The van der Waals surface area contributed by atoms with Crippen LogP contribution in [-0.4, -0.2) is 34.2 Å². The molecule has 2 aliphatic carbocycles. The zero-order chi connectivity index (χ0) is 25.8. The number of hydrogen-bond acceptors (Lipinski definition) is 3. The minimum Gasteiger partial charge on any atom is -0.479 e. The Labute approximate surface area is 217 Å². The fourth-order valence-electron chi connectivity index (χ4n) is 6.82. The number of hydrogen-bond donors (Lipinski definition) is 1. The van der Waals surface area contributed by atoms with E-state index in [4.69, 9.17) is 4.74 Å². The SMILES string of the molecule is Cc1ccc(-c2c(C)c3c(c(C)c2C(OC(C)(C)C)C(=O)O)CCN(C2CCC4(CC2)CC4)C3)cc1. The minimum absolute atomic E-state index is 0.569. The molecule has 1 heterocycles. The van der Waals surface area contributed by atoms with Gasteiger partial charge in [-0.1, -0.05) is 29.8 Å². The Morgan fingerprint density at radius 1 is 1.00 bits per heavy atom. The van der Waals surface area contributed by atoms with Gasteiger partial charge in [0, 0.05) is 24.7 Å². The number of nitrogens with zero attached hydrogens (tertiary/aromatic N) is 1. The third kappa shape index (κ3) is 4.87. The molecular formula is C32H43NO3. The highest BCUT2D eigenvalue weighted by molar-refractivity contribution is 5.84. The molecule has 0 radical (unpaired) electrons. The number of aliphatic carboxylic acids is 1. The molecule has 1 atom stereocenters. The molecule has 0 saturated heterocycles. The number of carboxylic acid groups (broad SMARTS) is 1. The summed E-state index contributed by atoms with van der Waals surface area (Å²) < 4.78 is 6.23. The van der Waals surface area contributed by atoms with Gasteiger partial charge in [-0.15, -0.1) is 0 Å². The standard InChI is InChI=1S/C32H43NO3/c1-20-7-9-23(10-8-20)27-22(3)26-19-33(24-11-14-32(15-12-24)16-17-32)18-13-25(26)21(2)28(27)29(30(34)35)36-31(4,5)6/h7-10,24,29H,11-19H2,1-6H3,(H,34,35). The Balaban J connectivity index is 1.59. The molecule has 2 saturated carbocycles. The van der Waals surface area contributed by atoms with E-state index in [0.29, 0.717) is 11.5 Å². The fourth-order valence-corrected chi connectivity index (χ4v) is 6.82. The zero-order valence-corrected chi connectivity index (χ0v) is 23.0. The fraction of sp³-hybridized carbons (Fsp3) is 0.594. The highest BCUT2D eigenvalue weighted by Gasteiger charge is 2.46. The number of aryl methyl sites for hydroxylation is 1. The third-order valence-corrected chi connectivity index (χ3v) is 9.12. The first-order chi connectivity index (χ1) is 17.0. The van der Waals surface area contributed by atoms with Gasteiger partial charge < -0.3 is 9.84 Å². The van der Waals surface area contributed by atoms with Crippen molar-refractivity contribution in [1.29, 1.82) is 0 Å². The molecular weight excluding hydrogens is 446 g/mol. The first kappa shape index (κ1) is 25.5. The van der Waals surface area contributed by atoms with E-state index >= 15 is 0 Å². The van der Waals surface area contributed by atoms with Crippen LogP contribution in [0.3, 0.4) is 0 Å². The molecule has 5 rings (SSSR count). The first-order valence-corrected chi connectivity index (χ1v) is 13.8. The summed E-state index contributed by atoms with van der Waals surface area (Å²) in [5.74, 6) is -0.922. The number of carboxylic acids is 1. The average molecular weight is 490 g/mol. The number of rotatable bonds is 5. The summed E-state index contributed by atoms with van der Waals surface area (Å²) in [4.78, 5) is 15.4. The van der Waals surface area contributed by atoms with E-state index in [1.165, 1.54) is 60.8 Å². The molecule has 2 fully saturated rings. The summed E-state index contributed by atoms with van der Waals surface area (Å²) in [7, 11) is 0. The normalized spacial score (nSPS) is 20.8. The second kappa shape index (κ2) is 9.29. The van der Waals surface area contributed by atoms with Gasteiger partial charge in [0.1, 0.15) is 0 Å². The van der Waals surface area contributed by atoms with E-state index in [9.17, 15) is 9.90 Å². The third-order valence-electron chi connectivity index (χ3n) is 9.12. The van der Waals surface area contributed by atoms with Crippen LogP contribution in [0, 0.1) is 26.2 Å². The van der Waals surface area contributed by atoms with Crippen LogP contribution >= 0.6 is 0 Å². The lowest BCUT2D eigenvalue weighted by Gasteiger charge is -2.41. The molecule has 1 spiro atoms. The van der Waals surface area contributed by atoms with Gasteiger partial charge in [0.05, 0.1) is 5.60 Å². The van der Waals surface area contributed by atoms with E-state index in [1.807, 2.05) is 20.8 Å². The van der Waals surface area contributed by atoms with Gasteiger partial charge in [0.25, 0.3) is 0 Å². The van der Waals surface area contributed by atoms with Gasteiger partial charge in [-0.05, 0) is 125 Å². The van der Waals surface area contributed by atoms with Crippen LogP contribution in [-0.2, 0) is 22.5 Å². The highest BCUT2D eigenvalue weighted by atomic mass is 16.5. The topological polar surface area (TPSA) is 49.8 Å². The molecule has 3 aliphatic rings. The highest BCUT2D eigenvalue weighted by Crippen LogP contribution is 2.57. The Kier molecular flexibility index (Phi) is 6.58. The maximum Gasteiger partial charge on any atom is 0.337 e. The lowest BCUT2D eigenvalue weighted by Crippen LogP contribution is -2.42.